The SMILES string of the molecule is CCCCCCCCCc1c(CC(CC)CCCC)cccc1P(=O)(O)O. The van der Waals surface area contributed by atoms with Gasteiger partial charge in [-0.05, 0) is 42.4 Å². The van der Waals surface area contributed by atoms with Crippen LogP contribution < -0.4 is 5.30 Å². The molecule has 0 aromatic heterocycles. The molecule has 4 heteroatoms. The van der Waals surface area contributed by atoms with Crippen molar-refractivity contribution in [2.24, 2.45) is 5.92 Å². The quantitative estimate of drug-likeness (QED) is 0.261. The van der Waals surface area contributed by atoms with Crippen molar-refractivity contribution in [2.75, 3.05) is 0 Å². The lowest BCUT2D eigenvalue weighted by atomic mass is 9.88. The highest BCUT2D eigenvalue weighted by molar-refractivity contribution is 7.60. The molecule has 0 heterocycles. The molecule has 27 heavy (non-hydrogen) atoms. The zero-order chi connectivity index (χ0) is 20.1. The molecule has 1 rings (SSSR count). The predicted octanol–water partition coefficient (Wildman–Crippen LogP) is 6.54. The van der Waals surface area contributed by atoms with E-state index in [1.165, 1.54) is 51.4 Å². The standard InChI is InChI=1S/C23H41O3P/c1-4-7-9-10-11-12-13-17-22-21(19-20(6-3)15-8-5-2)16-14-18-23(22)27(24,25)26/h14,16,18,20H,4-13,15,17,19H2,1-3H3,(H2,24,25,26). The summed E-state index contributed by atoms with van der Waals surface area (Å²) in [6, 6.07) is 5.54. The molecule has 1 aromatic rings. The number of rotatable bonds is 15. The molecule has 2 N–H and O–H groups in total. The van der Waals surface area contributed by atoms with Crippen LogP contribution >= 0.6 is 7.60 Å². The molecule has 1 unspecified atom stereocenters. The molecule has 0 aliphatic heterocycles. The fourth-order valence-corrected chi connectivity index (χ4v) is 4.77. The molecular weight excluding hydrogens is 355 g/mol. The molecule has 0 saturated heterocycles. The van der Waals surface area contributed by atoms with Crippen LogP contribution in [-0.4, -0.2) is 9.79 Å². The maximum Gasteiger partial charge on any atom is 0.356 e. The van der Waals surface area contributed by atoms with Crippen LogP contribution in [0, 0.1) is 5.92 Å². The monoisotopic (exact) mass is 396 g/mol. The zero-order valence-corrected chi connectivity index (χ0v) is 18.6. The van der Waals surface area contributed by atoms with Gasteiger partial charge in [-0.25, -0.2) is 0 Å². The minimum absolute atomic E-state index is 0.260. The first kappa shape index (κ1) is 24.4. The Hall–Kier alpha value is -0.630. The third kappa shape index (κ3) is 9.41. The van der Waals surface area contributed by atoms with Crippen molar-refractivity contribution >= 4 is 12.9 Å². The van der Waals surface area contributed by atoms with E-state index in [0.717, 1.165) is 43.2 Å². The highest BCUT2D eigenvalue weighted by Gasteiger charge is 2.23. The Balaban J connectivity index is 2.82. The molecule has 0 radical (unpaired) electrons. The van der Waals surface area contributed by atoms with Crippen molar-refractivity contribution in [3.8, 4) is 0 Å². The number of benzene rings is 1. The van der Waals surface area contributed by atoms with Gasteiger partial charge in [-0.15, -0.1) is 0 Å². The van der Waals surface area contributed by atoms with Crippen molar-refractivity contribution in [1.82, 2.24) is 0 Å². The summed E-state index contributed by atoms with van der Waals surface area (Å²) in [6.07, 6.45) is 15.0. The summed E-state index contributed by atoms with van der Waals surface area (Å²) in [5.74, 6) is 0.602. The molecule has 0 amide bonds. The average molecular weight is 397 g/mol. The van der Waals surface area contributed by atoms with Crippen LogP contribution in [0.25, 0.3) is 0 Å². The second-order valence-corrected chi connectivity index (χ2v) is 9.52. The molecule has 0 aliphatic carbocycles. The Labute approximate surface area is 167 Å². The van der Waals surface area contributed by atoms with E-state index in [9.17, 15) is 14.4 Å². The summed E-state index contributed by atoms with van der Waals surface area (Å²) in [5.41, 5.74) is 2.08. The number of hydrogen-bond donors (Lipinski definition) is 2. The second kappa shape index (κ2) is 13.5. The third-order valence-electron chi connectivity index (χ3n) is 5.64. The molecule has 0 saturated carbocycles. The first-order valence-electron chi connectivity index (χ1n) is 11.1. The lowest BCUT2D eigenvalue weighted by Gasteiger charge is -2.20. The van der Waals surface area contributed by atoms with Gasteiger partial charge in [-0.1, -0.05) is 97.1 Å². The lowest BCUT2D eigenvalue weighted by molar-refractivity contribution is 0.387. The van der Waals surface area contributed by atoms with Gasteiger partial charge < -0.3 is 9.79 Å². The van der Waals surface area contributed by atoms with Crippen molar-refractivity contribution in [1.29, 1.82) is 0 Å². The van der Waals surface area contributed by atoms with Gasteiger partial charge in [0, 0.05) is 0 Å². The first-order chi connectivity index (χ1) is 12.9. The molecular formula is C23H41O3P. The summed E-state index contributed by atoms with van der Waals surface area (Å²) in [7, 11) is -4.23. The van der Waals surface area contributed by atoms with Gasteiger partial charge in [-0.3, -0.25) is 4.57 Å². The van der Waals surface area contributed by atoms with E-state index in [-0.39, 0.29) is 5.30 Å². The van der Waals surface area contributed by atoms with Crippen LogP contribution in [0.2, 0.25) is 0 Å². The molecule has 0 bridgehead atoms. The van der Waals surface area contributed by atoms with Gasteiger partial charge in [-0.2, -0.15) is 0 Å². The van der Waals surface area contributed by atoms with Crippen LogP contribution in [0.4, 0.5) is 0 Å². The fraction of sp³-hybridized carbons (Fsp3) is 0.739. The normalized spacial score (nSPS) is 13.1. The summed E-state index contributed by atoms with van der Waals surface area (Å²) in [4.78, 5) is 19.7. The molecule has 0 spiro atoms. The second-order valence-electron chi connectivity index (χ2n) is 7.95. The molecule has 3 nitrogen and oxygen atoms in total. The summed E-state index contributed by atoms with van der Waals surface area (Å²) < 4.78 is 12.0. The predicted molar refractivity (Wildman–Crippen MR) is 117 cm³/mol. The van der Waals surface area contributed by atoms with Crippen molar-refractivity contribution in [2.45, 2.75) is 104 Å². The number of hydrogen-bond acceptors (Lipinski definition) is 1. The minimum atomic E-state index is -4.23. The Morgan fingerprint density at radius 1 is 0.889 bits per heavy atom. The smallest absolute Gasteiger partial charge is 0.321 e. The third-order valence-corrected chi connectivity index (χ3v) is 6.69. The van der Waals surface area contributed by atoms with E-state index in [1.54, 1.807) is 6.07 Å². The average Bonchev–Trinajstić information content (AvgIpc) is 2.64. The van der Waals surface area contributed by atoms with Gasteiger partial charge in [0.1, 0.15) is 0 Å². The van der Waals surface area contributed by atoms with Gasteiger partial charge in [0.25, 0.3) is 0 Å². The maximum atomic E-state index is 12.0. The molecule has 0 aliphatic rings. The van der Waals surface area contributed by atoms with E-state index in [2.05, 4.69) is 26.8 Å². The molecule has 1 atom stereocenters. The van der Waals surface area contributed by atoms with Crippen LogP contribution in [0.3, 0.4) is 0 Å². The fourth-order valence-electron chi connectivity index (χ4n) is 3.89. The zero-order valence-electron chi connectivity index (χ0n) is 17.8. The number of unbranched alkanes of at least 4 members (excludes halogenated alkanes) is 7. The van der Waals surface area contributed by atoms with E-state index in [1.807, 2.05) is 6.07 Å². The van der Waals surface area contributed by atoms with Crippen LogP contribution in [0.5, 0.6) is 0 Å². The van der Waals surface area contributed by atoms with Gasteiger partial charge in [0.15, 0.2) is 0 Å². The summed E-state index contributed by atoms with van der Waals surface area (Å²) in [5, 5.41) is 0.260. The maximum absolute atomic E-state index is 12.0. The topological polar surface area (TPSA) is 57.5 Å². The van der Waals surface area contributed by atoms with Crippen molar-refractivity contribution in [3.05, 3.63) is 29.3 Å². The molecule has 1 aromatic carbocycles. The van der Waals surface area contributed by atoms with Crippen molar-refractivity contribution in [3.63, 3.8) is 0 Å². The Morgan fingerprint density at radius 3 is 2.11 bits per heavy atom. The molecule has 156 valence electrons. The first-order valence-corrected chi connectivity index (χ1v) is 12.7. The largest absolute Gasteiger partial charge is 0.356 e. The highest BCUT2D eigenvalue weighted by atomic mass is 31.2. The van der Waals surface area contributed by atoms with E-state index in [4.69, 9.17) is 0 Å². The van der Waals surface area contributed by atoms with Gasteiger partial charge >= 0.3 is 7.60 Å². The lowest BCUT2D eigenvalue weighted by Crippen LogP contribution is -2.16. The van der Waals surface area contributed by atoms with Crippen molar-refractivity contribution < 1.29 is 14.4 Å². The van der Waals surface area contributed by atoms with Crippen LogP contribution in [-0.2, 0) is 17.4 Å². The Kier molecular flexibility index (Phi) is 12.2. The van der Waals surface area contributed by atoms with Gasteiger partial charge in [0.2, 0.25) is 0 Å². The van der Waals surface area contributed by atoms with Gasteiger partial charge in [0.05, 0.1) is 5.30 Å². The Morgan fingerprint density at radius 2 is 1.52 bits per heavy atom. The van der Waals surface area contributed by atoms with E-state index < -0.39 is 7.60 Å². The summed E-state index contributed by atoms with van der Waals surface area (Å²) in [6.45, 7) is 6.67. The van der Waals surface area contributed by atoms with Crippen LogP contribution in [0.15, 0.2) is 18.2 Å². The summed E-state index contributed by atoms with van der Waals surface area (Å²) >= 11 is 0. The minimum Gasteiger partial charge on any atom is -0.321 e. The Bertz CT molecular complexity index is 565. The highest BCUT2D eigenvalue weighted by Crippen LogP contribution is 2.36. The van der Waals surface area contributed by atoms with E-state index >= 15 is 0 Å². The molecule has 0 fully saturated rings. The van der Waals surface area contributed by atoms with Crippen LogP contribution in [0.1, 0.15) is 103 Å². The van der Waals surface area contributed by atoms with E-state index in [0.29, 0.717) is 5.92 Å².